The lowest BCUT2D eigenvalue weighted by atomic mass is 9.99. The molecule has 21 heavy (non-hydrogen) atoms. The topological polar surface area (TPSA) is 39.1 Å². The number of halogens is 3. The molecule has 1 aliphatic heterocycles. The summed E-state index contributed by atoms with van der Waals surface area (Å²) in [7, 11) is 0. The number of hydrogen-bond donors (Lipinski definition) is 1. The molecule has 0 amide bonds. The van der Waals surface area contributed by atoms with Gasteiger partial charge in [-0.1, -0.05) is 12.1 Å². The zero-order chi connectivity index (χ0) is 13.7. The van der Waals surface area contributed by atoms with Crippen molar-refractivity contribution in [2.24, 2.45) is 0 Å². The van der Waals surface area contributed by atoms with Crippen molar-refractivity contribution >= 4 is 24.8 Å². The third-order valence-electron chi connectivity index (χ3n) is 3.48. The van der Waals surface area contributed by atoms with Crippen molar-refractivity contribution in [2.45, 2.75) is 12.5 Å². The molecular weight excluding hydrogens is 312 g/mol. The number of hydrogen-bond acceptors (Lipinski definition) is 3. The summed E-state index contributed by atoms with van der Waals surface area (Å²) < 4.78 is 13.4. The lowest BCUT2D eigenvalue weighted by molar-refractivity contribution is 0.174. The van der Waals surface area contributed by atoms with Crippen LogP contribution >= 0.6 is 24.8 Å². The first-order valence-electron chi connectivity index (χ1n) is 6.51. The first kappa shape index (κ1) is 19.9. The predicted molar refractivity (Wildman–Crippen MR) is 87.6 cm³/mol. The van der Waals surface area contributed by atoms with Gasteiger partial charge in [0.2, 0.25) is 0 Å². The van der Waals surface area contributed by atoms with Gasteiger partial charge in [-0.05, 0) is 24.1 Å². The monoisotopic (exact) mass is 331 g/mol. The molecule has 1 heterocycles. The second kappa shape index (κ2) is 9.75. The van der Waals surface area contributed by atoms with Crippen LogP contribution in [-0.2, 0) is 0 Å². The third kappa shape index (κ3) is 4.98. The Labute approximate surface area is 137 Å². The van der Waals surface area contributed by atoms with E-state index in [9.17, 15) is 4.39 Å². The average molecular weight is 332 g/mol. The van der Waals surface area contributed by atoms with Gasteiger partial charge in [0.15, 0.2) is 0 Å². The number of piperazine rings is 1. The van der Waals surface area contributed by atoms with Crippen molar-refractivity contribution in [3.63, 3.8) is 0 Å². The minimum atomic E-state index is -0.455. The van der Waals surface area contributed by atoms with E-state index in [0.29, 0.717) is 0 Å². The molecule has 116 valence electrons. The minimum absolute atomic E-state index is 0. The van der Waals surface area contributed by atoms with Gasteiger partial charge in [0.05, 0.1) is 5.56 Å². The molecule has 0 aliphatic carbocycles. The summed E-state index contributed by atoms with van der Waals surface area (Å²) in [4.78, 5) is 2.35. The Morgan fingerprint density at radius 3 is 2.62 bits per heavy atom. The van der Waals surface area contributed by atoms with Crippen molar-refractivity contribution in [1.82, 2.24) is 10.2 Å². The van der Waals surface area contributed by atoms with E-state index >= 15 is 0 Å². The maximum atomic E-state index is 13.4. The highest BCUT2D eigenvalue weighted by Crippen LogP contribution is 2.26. The van der Waals surface area contributed by atoms with Crippen LogP contribution in [0.4, 0.5) is 4.39 Å². The van der Waals surface area contributed by atoms with Crippen molar-refractivity contribution < 1.29 is 4.39 Å². The van der Waals surface area contributed by atoms with Gasteiger partial charge in [-0.3, -0.25) is 4.90 Å². The Hall–Kier alpha value is -1.12. The molecule has 0 unspecified atom stereocenters. The molecular formula is C15H20Cl2FN3. The number of rotatable bonds is 4. The molecule has 1 fully saturated rings. The largest absolute Gasteiger partial charge is 0.314 e. The van der Waals surface area contributed by atoms with Crippen LogP contribution in [0.15, 0.2) is 30.9 Å². The summed E-state index contributed by atoms with van der Waals surface area (Å²) in [5.41, 5.74) is 1.10. The summed E-state index contributed by atoms with van der Waals surface area (Å²) in [5.74, 6) is -0.455. The van der Waals surface area contributed by atoms with Gasteiger partial charge in [0.1, 0.15) is 11.9 Å². The van der Waals surface area contributed by atoms with Gasteiger partial charge in [-0.2, -0.15) is 5.26 Å². The van der Waals surface area contributed by atoms with Crippen LogP contribution < -0.4 is 5.32 Å². The van der Waals surface area contributed by atoms with Crippen molar-refractivity contribution in [3.8, 4) is 6.07 Å². The molecule has 3 nitrogen and oxygen atoms in total. The summed E-state index contributed by atoms with van der Waals surface area (Å²) in [6.07, 6.45) is 2.68. The van der Waals surface area contributed by atoms with E-state index in [-0.39, 0.29) is 36.4 Å². The number of benzene rings is 1. The first-order chi connectivity index (χ1) is 9.26. The van der Waals surface area contributed by atoms with Crippen LogP contribution in [0.3, 0.4) is 0 Å². The second-order valence-electron chi connectivity index (χ2n) is 4.68. The zero-order valence-corrected chi connectivity index (χ0v) is 13.4. The quantitative estimate of drug-likeness (QED) is 0.862. The molecule has 1 aromatic carbocycles. The molecule has 6 heteroatoms. The number of nitriles is 1. The predicted octanol–water partition coefficient (Wildman–Crippen LogP) is 3.06. The molecule has 2 rings (SSSR count). The number of nitrogens with one attached hydrogen (secondary N) is 1. The van der Waals surface area contributed by atoms with E-state index in [1.165, 1.54) is 6.07 Å². The van der Waals surface area contributed by atoms with Crippen LogP contribution in [0.5, 0.6) is 0 Å². The zero-order valence-electron chi connectivity index (χ0n) is 11.7. The van der Waals surface area contributed by atoms with Crippen LogP contribution in [0.1, 0.15) is 23.6 Å². The number of nitrogens with zero attached hydrogens (tertiary/aromatic N) is 2. The fourth-order valence-corrected chi connectivity index (χ4v) is 2.48. The van der Waals surface area contributed by atoms with Gasteiger partial charge in [-0.25, -0.2) is 4.39 Å². The highest BCUT2D eigenvalue weighted by Gasteiger charge is 2.21. The van der Waals surface area contributed by atoms with Crippen LogP contribution in [-0.4, -0.2) is 31.1 Å². The smallest absolute Gasteiger partial charge is 0.140 e. The minimum Gasteiger partial charge on any atom is -0.314 e. The van der Waals surface area contributed by atoms with Crippen molar-refractivity contribution in [1.29, 1.82) is 5.26 Å². The van der Waals surface area contributed by atoms with Crippen molar-refractivity contribution in [3.05, 3.63) is 47.8 Å². The molecule has 1 aromatic rings. The molecule has 1 aliphatic rings. The van der Waals surface area contributed by atoms with E-state index in [1.807, 2.05) is 12.1 Å². The molecule has 1 atom stereocenters. The molecule has 0 spiro atoms. The maximum Gasteiger partial charge on any atom is 0.140 e. The van der Waals surface area contributed by atoms with Crippen LogP contribution in [0.25, 0.3) is 0 Å². The summed E-state index contributed by atoms with van der Waals surface area (Å²) in [6, 6.07) is 6.89. The molecule has 0 saturated carbocycles. The summed E-state index contributed by atoms with van der Waals surface area (Å²) >= 11 is 0. The van der Waals surface area contributed by atoms with Crippen LogP contribution in [0.2, 0.25) is 0 Å². The van der Waals surface area contributed by atoms with Gasteiger partial charge in [-0.15, -0.1) is 31.4 Å². The summed E-state index contributed by atoms with van der Waals surface area (Å²) in [5, 5.41) is 12.2. The second-order valence-corrected chi connectivity index (χ2v) is 4.68. The lowest BCUT2D eigenvalue weighted by Crippen LogP contribution is -2.45. The molecule has 0 radical (unpaired) electrons. The van der Waals surface area contributed by atoms with E-state index < -0.39 is 5.82 Å². The third-order valence-corrected chi connectivity index (χ3v) is 3.48. The Kier molecular flexibility index (Phi) is 9.23. The molecule has 1 saturated heterocycles. The van der Waals surface area contributed by atoms with Crippen molar-refractivity contribution in [2.75, 3.05) is 26.2 Å². The molecule has 0 bridgehead atoms. The molecule has 0 aromatic heterocycles. The average Bonchev–Trinajstić information content (AvgIpc) is 2.46. The first-order valence-corrected chi connectivity index (χ1v) is 6.51. The maximum absolute atomic E-state index is 13.4. The van der Waals surface area contributed by atoms with Crippen LogP contribution in [0, 0.1) is 17.1 Å². The highest BCUT2D eigenvalue weighted by molar-refractivity contribution is 5.85. The lowest BCUT2D eigenvalue weighted by Gasteiger charge is -2.34. The standard InChI is InChI=1S/C15H18FN3.2ClH/c1-2-3-15(19-8-6-18-7-9-19)12-4-5-14(16)13(10-12)11-17;;/h2,4-5,10,15,18H,1,3,6-9H2;2*1H/t15-;;/m1../s1. The molecule has 1 N–H and O–H groups in total. The summed E-state index contributed by atoms with van der Waals surface area (Å²) in [6.45, 7) is 7.63. The fourth-order valence-electron chi connectivity index (χ4n) is 2.48. The SMILES string of the molecule is C=CC[C@H](c1ccc(F)c(C#N)c1)N1CCNCC1.Cl.Cl. The normalized spacial score (nSPS) is 16.0. The Morgan fingerprint density at radius 2 is 2.05 bits per heavy atom. The highest BCUT2D eigenvalue weighted by atomic mass is 35.5. The van der Waals surface area contributed by atoms with Gasteiger partial charge in [0.25, 0.3) is 0 Å². The fraction of sp³-hybridized carbons (Fsp3) is 0.400. The Morgan fingerprint density at radius 1 is 1.38 bits per heavy atom. The van der Waals surface area contributed by atoms with Gasteiger partial charge >= 0.3 is 0 Å². The van der Waals surface area contributed by atoms with Gasteiger partial charge < -0.3 is 5.32 Å². The van der Waals surface area contributed by atoms with E-state index in [4.69, 9.17) is 5.26 Å². The van der Waals surface area contributed by atoms with E-state index in [0.717, 1.165) is 38.2 Å². The van der Waals surface area contributed by atoms with E-state index in [2.05, 4.69) is 16.8 Å². The van der Waals surface area contributed by atoms with Gasteiger partial charge in [0, 0.05) is 32.2 Å². The Bertz CT molecular complexity index is 496. The Balaban J connectivity index is 0.00000200. The van der Waals surface area contributed by atoms with E-state index in [1.54, 1.807) is 12.1 Å².